The molecule has 3 aromatic carbocycles. The maximum atomic E-state index is 12.6. The number of nitrogens with one attached hydrogen (secondary N) is 2. The van der Waals surface area contributed by atoms with E-state index in [9.17, 15) is 4.79 Å². The average Bonchev–Trinajstić information content (AvgIpc) is 3.41. The smallest absolute Gasteiger partial charge is 0.251 e. The van der Waals surface area contributed by atoms with Gasteiger partial charge in [0.15, 0.2) is 11.5 Å². The lowest BCUT2D eigenvalue weighted by Crippen LogP contribution is -2.28. The molecule has 1 amide bonds. The van der Waals surface area contributed by atoms with Gasteiger partial charge in [0.1, 0.15) is 13.2 Å². The van der Waals surface area contributed by atoms with Gasteiger partial charge in [-0.1, -0.05) is 36.4 Å². The molecule has 2 heterocycles. The van der Waals surface area contributed by atoms with Crippen molar-refractivity contribution in [2.24, 2.45) is 0 Å². The van der Waals surface area contributed by atoms with E-state index in [1.54, 1.807) is 0 Å². The highest BCUT2D eigenvalue weighted by molar-refractivity contribution is 5.94. The van der Waals surface area contributed by atoms with E-state index < -0.39 is 0 Å². The Balaban J connectivity index is 1.17. The molecule has 0 unspecified atom stereocenters. The first-order valence-corrected chi connectivity index (χ1v) is 11.8. The van der Waals surface area contributed by atoms with Crippen molar-refractivity contribution in [1.29, 1.82) is 0 Å². The standard InChI is InChI=1S/C28H28N4O3/c1-32(22-7-3-2-4-8-22)16-6-15-29-28(33)21-13-11-20(12-14-21)24-19-25(31-30-24)23-9-5-10-26-27(23)35-18-17-34-26/h2-5,7-14,19H,6,15-18H2,1H3,(H,29,33)(H,30,31). The van der Waals surface area contributed by atoms with E-state index in [0.717, 1.165) is 47.0 Å². The number of amides is 1. The predicted octanol–water partition coefficient (Wildman–Crippen LogP) is 4.77. The molecule has 5 rings (SSSR count). The summed E-state index contributed by atoms with van der Waals surface area (Å²) in [6, 6.07) is 25.5. The number of ether oxygens (including phenoxy) is 2. The fourth-order valence-corrected chi connectivity index (χ4v) is 4.12. The van der Waals surface area contributed by atoms with Crippen molar-refractivity contribution in [1.82, 2.24) is 15.5 Å². The van der Waals surface area contributed by atoms with Crippen LogP contribution in [0.4, 0.5) is 5.69 Å². The van der Waals surface area contributed by atoms with E-state index in [0.29, 0.717) is 25.3 Å². The van der Waals surface area contributed by atoms with Crippen LogP contribution in [-0.2, 0) is 0 Å². The largest absolute Gasteiger partial charge is 0.486 e. The first kappa shape index (κ1) is 22.5. The van der Waals surface area contributed by atoms with Gasteiger partial charge >= 0.3 is 0 Å². The summed E-state index contributed by atoms with van der Waals surface area (Å²) in [6.07, 6.45) is 0.864. The van der Waals surface area contributed by atoms with Crippen LogP contribution in [0.5, 0.6) is 11.5 Å². The molecule has 0 saturated heterocycles. The summed E-state index contributed by atoms with van der Waals surface area (Å²) >= 11 is 0. The van der Waals surface area contributed by atoms with Gasteiger partial charge in [0.05, 0.1) is 11.4 Å². The first-order chi connectivity index (χ1) is 17.2. The Morgan fingerprint density at radius 3 is 2.63 bits per heavy atom. The molecule has 0 radical (unpaired) electrons. The molecular formula is C28H28N4O3. The molecule has 0 atom stereocenters. The average molecular weight is 469 g/mol. The third kappa shape index (κ3) is 5.14. The SMILES string of the molecule is CN(CCCNC(=O)c1ccc(-c2cc(-c3cccc4c3OCCO4)[nH]n2)cc1)c1ccccc1. The Kier molecular flexibility index (Phi) is 6.66. The second kappa shape index (κ2) is 10.3. The highest BCUT2D eigenvalue weighted by Gasteiger charge is 2.18. The number of anilines is 1. The van der Waals surface area contributed by atoms with Gasteiger partial charge in [-0.15, -0.1) is 0 Å². The summed E-state index contributed by atoms with van der Waals surface area (Å²) in [6.45, 7) is 2.56. The number of hydrogen-bond acceptors (Lipinski definition) is 5. The lowest BCUT2D eigenvalue weighted by Gasteiger charge is -2.20. The number of fused-ring (bicyclic) bond motifs is 1. The van der Waals surface area contributed by atoms with Gasteiger partial charge in [0.25, 0.3) is 5.91 Å². The molecule has 178 valence electrons. The van der Waals surface area contributed by atoms with Crippen LogP contribution in [-0.4, -0.2) is 49.5 Å². The zero-order valence-corrected chi connectivity index (χ0v) is 19.7. The van der Waals surface area contributed by atoms with Crippen molar-refractivity contribution in [2.75, 3.05) is 38.3 Å². The summed E-state index contributed by atoms with van der Waals surface area (Å²) in [5.41, 5.74) is 5.28. The van der Waals surface area contributed by atoms with Gasteiger partial charge in [-0.2, -0.15) is 5.10 Å². The highest BCUT2D eigenvalue weighted by Crippen LogP contribution is 2.39. The third-order valence-corrected chi connectivity index (χ3v) is 6.03. The van der Waals surface area contributed by atoms with Crippen LogP contribution in [0, 0.1) is 0 Å². The van der Waals surface area contributed by atoms with E-state index in [1.807, 2.05) is 66.7 Å². The van der Waals surface area contributed by atoms with Crippen molar-refractivity contribution >= 4 is 11.6 Å². The molecule has 4 aromatic rings. The Bertz CT molecular complexity index is 1290. The Morgan fingerprint density at radius 2 is 1.80 bits per heavy atom. The van der Waals surface area contributed by atoms with E-state index in [-0.39, 0.29) is 5.91 Å². The summed E-state index contributed by atoms with van der Waals surface area (Å²) in [5, 5.41) is 10.6. The van der Waals surface area contributed by atoms with Crippen LogP contribution in [0.2, 0.25) is 0 Å². The molecule has 1 aromatic heterocycles. The number of para-hydroxylation sites is 2. The van der Waals surface area contributed by atoms with Crippen molar-refractivity contribution in [2.45, 2.75) is 6.42 Å². The Hall–Kier alpha value is -4.26. The lowest BCUT2D eigenvalue weighted by atomic mass is 10.1. The van der Waals surface area contributed by atoms with E-state index in [1.165, 1.54) is 5.69 Å². The van der Waals surface area contributed by atoms with Crippen LogP contribution in [0.25, 0.3) is 22.5 Å². The fraction of sp³-hybridized carbons (Fsp3) is 0.214. The van der Waals surface area contributed by atoms with Gasteiger partial charge in [-0.3, -0.25) is 9.89 Å². The van der Waals surface area contributed by atoms with Gasteiger partial charge in [-0.25, -0.2) is 0 Å². The zero-order chi connectivity index (χ0) is 24.0. The number of H-pyrrole nitrogens is 1. The number of nitrogens with zero attached hydrogens (tertiary/aromatic N) is 2. The number of rotatable bonds is 8. The molecule has 0 saturated carbocycles. The number of benzene rings is 3. The highest BCUT2D eigenvalue weighted by atomic mass is 16.6. The molecule has 0 aliphatic carbocycles. The van der Waals surface area contributed by atoms with Crippen LogP contribution in [0.3, 0.4) is 0 Å². The number of hydrogen-bond donors (Lipinski definition) is 2. The van der Waals surface area contributed by atoms with Gasteiger partial charge in [0, 0.05) is 42.5 Å². The molecule has 7 nitrogen and oxygen atoms in total. The summed E-state index contributed by atoms with van der Waals surface area (Å²) < 4.78 is 11.5. The number of carbonyl (C=O) groups is 1. The molecule has 1 aliphatic rings. The zero-order valence-electron chi connectivity index (χ0n) is 19.7. The number of aromatic amines is 1. The second-order valence-electron chi connectivity index (χ2n) is 8.44. The summed E-state index contributed by atoms with van der Waals surface area (Å²) in [7, 11) is 2.06. The van der Waals surface area contributed by atoms with Crippen molar-refractivity contribution < 1.29 is 14.3 Å². The van der Waals surface area contributed by atoms with Crippen molar-refractivity contribution in [3.8, 4) is 34.0 Å². The van der Waals surface area contributed by atoms with Crippen LogP contribution in [0.1, 0.15) is 16.8 Å². The van der Waals surface area contributed by atoms with E-state index >= 15 is 0 Å². The van der Waals surface area contributed by atoms with Crippen LogP contribution >= 0.6 is 0 Å². The molecule has 0 fully saturated rings. The normalized spacial score (nSPS) is 12.3. The minimum absolute atomic E-state index is 0.0744. The van der Waals surface area contributed by atoms with E-state index in [2.05, 4.69) is 39.6 Å². The van der Waals surface area contributed by atoms with Crippen molar-refractivity contribution in [3.05, 3.63) is 84.4 Å². The first-order valence-electron chi connectivity index (χ1n) is 11.8. The topological polar surface area (TPSA) is 79.5 Å². The molecule has 0 bridgehead atoms. The van der Waals surface area contributed by atoms with Gasteiger partial charge in [0.2, 0.25) is 0 Å². The van der Waals surface area contributed by atoms with Crippen molar-refractivity contribution in [3.63, 3.8) is 0 Å². The summed E-state index contributed by atoms with van der Waals surface area (Å²) in [5.74, 6) is 1.40. The maximum Gasteiger partial charge on any atom is 0.251 e. The molecule has 2 N–H and O–H groups in total. The number of carbonyl (C=O) groups excluding carboxylic acids is 1. The third-order valence-electron chi connectivity index (χ3n) is 6.03. The maximum absolute atomic E-state index is 12.6. The molecular weight excluding hydrogens is 440 g/mol. The molecule has 1 aliphatic heterocycles. The molecule has 0 spiro atoms. The monoisotopic (exact) mass is 468 g/mol. The minimum Gasteiger partial charge on any atom is -0.486 e. The number of aromatic nitrogens is 2. The minimum atomic E-state index is -0.0744. The van der Waals surface area contributed by atoms with Crippen LogP contribution < -0.4 is 19.7 Å². The van der Waals surface area contributed by atoms with Gasteiger partial charge in [-0.05, 0) is 48.9 Å². The molecule has 35 heavy (non-hydrogen) atoms. The Labute approximate surface area is 204 Å². The Morgan fingerprint density at radius 1 is 1.00 bits per heavy atom. The fourth-order valence-electron chi connectivity index (χ4n) is 4.12. The quantitative estimate of drug-likeness (QED) is 0.364. The van der Waals surface area contributed by atoms with Crippen LogP contribution in [0.15, 0.2) is 78.9 Å². The predicted molar refractivity (Wildman–Crippen MR) is 137 cm³/mol. The summed E-state index contributed by atoms with van der Waals surface area (Å²) in [4.78, 5) is 14.7. The lowest BCUT2D eigenvalue weighted by molar-refractivity contribution is 0.0953. The van der Waals surface area contributed by atoms with E-state index in [4.69, 9.17) is 9.47 Å². The van der Waals surface area contributed by atoms with Gasteiger partial charge < -0.3 is 19.7 Å². The molecule has 7 heteroatoms. The second-order valence-corrected chi connectivity index (χ2v) is 8.44.